The molecule has 3 aliphatic rings. The van der Waals surface area contributed by atoms with Gasteiger partial charge in [-0.15, -0.1) is 23.1 Å². The van der Waals surface area contributed by atoms with Crippen molar-refractivity contribution in [3.8, 4) is 11.3 Å². The number of anilines is 2. The summed E-state index contributed by atoms with van der Waals surface area (Å²) in [6.07, 6.45) is 0. The number of hydrogen-bond donors (Lipinski definition) is 0. The summed E-state index contributed by atoms with van der Waals surface area (Å²) < 4.78 is 2.45. The maximum Gasteiger partial charge on any atom is 0.235 e. The molecule has 2 aromatic heterocycles. The van der Waals surface area contributed by atoms with Crippen LogP contribution in [0.3, 0.4) is 0 Å². The molecule has 0 radical (unpaired) electrons. The highest BCUT2D eigenvalue weighted by Gasteiger charge is 2.55. The van der Waals surface area contributed by atoms with Gasteiger partial charge in [-0.1, -0.05) is 103 Å². The molecule has 0 spiro atoms. The minimum absolute atomic E-state index is 0.141. The van der Waals surface area contributed by atoms with Gasteiger partial charge in [-0.3, -0.25) is 4.90 Å². The van der Waals surface area contributed by atoms with Crippen molar-refractivity contribution in [3.63, 3.8) is 0 Å². The van der Waals surface area contributed by atoms with Crippen molar-refractivity contribution in [2.45, 2.75) is 22.5 Å². The molecule has 3 nitrogen and oxygen atoms in total. The van der Waals surface area contributed by atoms with Crippen molar-refractivity contribution in [1.29, 1.82) is 0 Å². The molecule has 44 heavy (non-hydrogen) atoms. The number of thiophene rings is 1. The van der Waals surface area contributed by atoms with Gasteiger partial charge < -0.3 is 0 Å². The Bertz CT molecular complexity index is 2460. The van der Waals surface area contributed by atoms with Crippen LogP contribution in [-0.2, 0) is 0 Å². The fourth-order valence-electron chi connectivity index (χ4n) is 7.70. The second-order valence-electron chi connectivity index (χ2n) is 11.9. The topological polar surface area (TPSA) is 29.0 Å². The fraction of sp³-hybridized carbons (Fsp3) is 0.0769. The van der Waals surface area contributed by atoms with Gasteiger partial charge >= 0.3 is 0 Å². The predicted octanol–water partition coefficient (Wildman–Crippen LogP) is 8.63. The molecular formula is C39H25N3S2. The Morgan fingerprint density at radius 1 is 0.705 bits per heavy atom. The molecule has 0 saturated carbocycles. The van der Waals surface area contributed by atoms with Crippen LogP contribution in [0.4, 0.5) is 11.6 Å². The van der Waals surface area contributed by atoms with E-state index in [9.17, 15) is 0 Å². The van der Waals surface area contributed by atoms with E-state index in [1.807, 2.05) is 23.1 Å². The molecule has 0 saturated heterocycles. The Morgan fingerprint density at radius 3 is 2.34 bits per heavy atom. The van der Waals surface area contributed by atoms with Crippen LogP contribution in [0.1, 0.15) is 24.0 Å². The lowest BCUT2D eigenvalue weighted by atomic mass is 9.75. The minimum atomic E-state index is -0.195. The molecule has 2 aliphatic heterocycles. The first-order valence-corrected chi connectivity index (χ1v) is 16.6. The average molecular weight is 600 g/mol. The first kappa shape index (κ1) is 24.7. The first-order valence-electron chi connectivity index (χ1n) is 15.0. The van der Waals surface area contributed by atoms with Crippen LogP contribution in [-0.4, -0.2) is 14.7 Å². The van der Waals surface area contributed by atoms with E-state index in [4.69, 9.17) is 9.97 Å². The largest absolute Gasteiger partial charge is 0.280 e. The Kier molecular flexibility index (Phi) is 5.00. The third kappa shape index (κ3) is 3.18. The Hall–Kier alpha value is -4.71. The molecule has 2 unspecified atom stereocenters. The van der Waals surface area contributed by atoms with Gasteiger partial charge in [-0.2, -0.15) is 0 Å². The third-order valence-corrected chi connectivity index (χ3v) is 12.1. The van der Waals surface area contributed by atoms with Gasteiger partial charge in [-0.25, -0.2) is 9.97 Å². The summed E-state index contributed by atoms with van der Waals surface area (Å²) in [5, 5.41) is 3.77. The molecule has 0 bridgehead atoms. The van der Waals surface area contributed by atoms with Gasteiger partial charge in [0.2, 0.25) is 5.95 Å². The number of benzene rings is 5. The van der Waals surface area contributed by atoms with Gasteiger partial charge in [0.1, 0.15) is 0 Å². The zero-order valence-electron chi connectivity index (χ0n) is 23.9. The monoisotopic (exact) mass is 599 g/mol. The van der Waals surface area contributed by atoms with Gasteiger partial charge in [-0.05, 0) is 47.9 Å². The van der Waals surface area contributed by atoms with E-state index < -0.39 is 0 Å². The quantitative estimate of drug-likeness (QED) is 0.199. The van der Waals surface area contributed by atoms with E-state index in [2.05, 4.69) is 139 Å². The minimum Gasteiger partial charge on any atom is -0.280 e. The number of nitrogens with zero attached hydrogens (tertiary/aromatic N) is 3. The summed E-state index contributed by atoms with van der Waals surface area (Å²) in [4.78, 5) is 14.4. The molecule has 5 heteroatoms. The van der Waals surface area contributed by atoms with E-state index in [1.165, 1.54) is 52.8 Å². The molecule has 1 aliphatic carbocycles. The highest BCUT2D eigenvalue weighted by Crippen LogP contribution is 2.65. The maximum atomic E-state index is 5.40. The number of para-hydroxylation sites is 2. The summed E-state index contributed by atoms with van der Waals surface area (Å²) in [7, 11) is 0. The second-order valence-corrected chi connectivity index (χ2v) is 14.4. The molecule has 208 valence electrons. The first-order chi connectivity index (χ1) is 21.7. The predicted molar refractivity (Wildman–Crippen MR) is 184 cm³/mol. The lowest BCUT2D eigenvalue weighted by Gasteiger charge is -2.37. The van der Waals surface area contributed by atoms with Crippen LogP contribution < -0.4 is 14.7 Å². The Labute approximate surface area is 262 Å². The summed E-state index contributed by atoms with van der Waals surface area (Å²) in [5.74, 6) is 0.866. The number of fused-ring (bicyclic) bond motifs is 11. The smallest absolute Gasteiger partial charge is 0.235 e. The molecule has 0 N–H and O–H groups in total. The highest BCUT2D eigenvalue weighted by atomic mass is 32.2. The van der Waals surface area contributed by atoms with Crippen LogP contribution in [0.2, 0.25) is 0 Å². The molecule has 2 atom stereocenters. The summed E-state index contributed by atoms with van der Waals surface area (Å²) in [5.41, 5.74) is 9.63. The van der Waals surface area contributed by atoms with Crippen LogP contribution in [0.25, 0.3) is 43.5 Å². The SMILES string of the molecule is CC12Sc3ccccc3C1=c1c(sc3ccccc13)=C1C2c2ccccc2N1c1nc(-c2ccccc2)c2ccccc2n1. The standard InChI is InChI=1S/C39H25N3S2/c1-39-33(27-18-8-12-22-31(27)44-39)32-26-17-7-11-21-30(26)43-37(32)36-34(39)25-16-6-10-20-29(25)42(36)38-40-28-19-9-5-15-24(28)35(41-38)23-13-3-2-4-14-23/h2-22,34H,1H3. The molecule has 10 rings (SSSR count). The van der Waals surface area contributed by atoms with Crippen LogP contribution in [0.15, 0.2) is 132 Å². The van der Waals surface area contributed by atoms with Crippen LogP contribution >= 0.6 is 23.1 Å². The van der Waals surface area contributed by atoms with Crippen molar-refractivity contribution >= 4 is 67.0 Å². The third-order valence-electron chi connectivity index (χ3n) is 9.45. The normalized spacial score (nSPS) is 19.6. The van der Waals surface area contributed by atoms with E-state index in [0.717, 1.165) is 28.1 Å². The van der Waals surface area contributed by atoms with Crippen LogP contribution in [0.5, 0.6) is 0 Å². The molecule has 5 aromatic carbocycles. The van der Waals surface area contributed by atoms with Crippen molar-refractivity contribution in [3.05, 3.63) is 148 Å². The summed E-state index contributed by atoms with van der Waals surface area (Å²) in [6.45, 7) is 2.46. The van der Waals surface area contributed by atoms with Gasteiger partial charge in [0.05, 0.1) is 31.9 Å². The molecule has 4 heterocycles. The van der Waals surface area contributed by atoms with Gasteiger partial charge in [0, 0.05) is 37.1 Å². The van der Waals surface area contributed by atoms with E-state index in [0.29, 0.717) is 0 Å². The molecule has 0 amide bonds. The molecule has 7 aromatic rings. The van der Waals surface area contributed by atoms with E-state index >= 15 is 0 Å². The Morgan fingerprint density at radius 2 is 1.43 bits per heavy atom. The second kappa shape index (κ2) is 8.91. The number of thioether (sulfide) groups is 1. The zero-order chi connectivity index (χ0) is 29.0. The van der Waals surface area contributed by atoms with Crippen molar-refractivity contribution in [2.75, 3.05) is 4.90 Å². The number of rotatable bonds is 2. The summed E-state index contributed by atoms with van der Waals surface area (Å²) in [6, 6.07) is 45.7. The number of hydrogen-bond acceptors (Lipinski definition) is 5. The lowest BCUT2D eigenvalue weighted by molar-refractivity contribution is 0.730. The maximum absolute atomic E-state index is 5.40. The highest BCUT2D eigenvalue weighted by molar-refractivity contribution is 8.01. The van der Waals surface area contributed by atoms with Crippen molar-refractivity contribution < 1.29 is 0 Å². The number of aromatic nitrogens is 2. The zero-order valence-corrected chi connectivity index (χ0v) is 25.5. The van der Waals surface area contributed by atoms with Crippen LogP contribution in [0, 0.1) is 0 Å². The van der Waals surface area contributed by atoms with Crippen molar-refractivity contribution in [2.24, 2.45) is 0 Å². The lowest BCUT2D eigenvalue weighted by Crippen LogP contribution is -2.44. The summed E-state index contributed by atoms with van der Waals surface area (Å²) >= 11 is 3.92. The van der Waals surface area contributed by atoms with E-state index in [-0.39, 0.29) is 10.7 Å². The van der Waals surface area contributed by atoms with Crippen molar-refractivity contribution in [1.82, 2.24) is 9.97 Å². The molecular weight excluding hydrogens is 575 g/mol. The Balaban J connectivity index is 1.37. The van der Waals surface area contributed by atoms with Gasteiger partial charge in [0.25, 0.3) is 0 Å². The molecule has 0 fully saturated rings. The van der Waals surface area contributed by atoms with Gasteiger partial charge in [0.15, 0.2) is 0 Å². The average Bonchev–Trinajstić information content (AvgIpc) is 3.72. The van der Waals surface area contributed by atoms with E-state index in [1.54, 1.807) is 0 Å². The fourth-order valence-corrected chi connectivity index (χ4v) is 10.5.